The second-order valence-corrected chi connectivity index (χ2v) is 9.19. The Labute approximate surface area is 168 Å². The third-order valence-electron chi connectivity index (χ3n) is 5.19. The first-order valence-electron chi connectivity index (χ1n) is 9.29. The fraction of sp³-hybridized carbons (Fsp3) is 0.350. The number of benzene rings is 1. The van der Waals surface area contributed by atoms with Crippen LogP contribution in [-0.4, -0.2) is 27.4 Å². The number of ether oxygens (including phenoxy) is 1. The lowest BCUT2D eigenvalue weighted by molar-refractivity contribution is -0.137. The van der Waals surface area contributed by atoms with Crippen LogP contribution < -0.4 is 5.56 Å². The molecule has 5 rings (SSSR count). The van der Waals surface area contributed by atoms with Crippen LogP contribution in [0.4, 0.5) is 4.39 Å². The summed E-state index contributed by atoms with van der Waals surface area (Å²) in [5, 5.41) is 0.503. The minimum Gasteiger partial charge on any atom is -0.465 e. The van der Waals surface area contributed by atoms with Crippen LogP contribution in [0.5, 0.6) is 0 Å². The average molecular weight is 416 g/mol. The van der Waals surface area contributed by atoms with E-state index >= 15 is 0 Å². The van der Waals surface area contributed by atoms with Crippen LogP contribution >= 0.6 is 23.1 Å². The zero-order valence-electron chi connectivity index (χ0n) is 14.9. The van der Waals surface area contributed by atoms with Crippen molar-refractivity contribution in [1.29, 1.82) is 0 Å². The molecule has 1 atom stereocenters. The number of rotatable bonds is 3. The molecule has 0 unspecified atom stereocenters. The van der Waals surface area contributed by atoms with Crippen molar-refractivity contribution in [2.75, 3.05) is 6.61 Å². The zero-order valence-corrected chi connectivity index (χ0v) is 16.6. The number of nitrogens with zero attached hydrogens (tertiary/aromatic N) is 2. The summed E-state index contributed by atoms with van der Waals surface area (Å²) in [6, 6.07) is 6.17. The molecule has 0 bridgehead atoms. The number of halogens is 1. The monoisotopic (exact) mass is 416 g/mol. The molecule has 0 spiro atoms. The van der Waals surface area contributed by atoms with Gasteiger partial charge in [-0.15, -0.1) is 11.3 Å². The van der Waals surface area contributed by atoms with E-state index < -0.39 is 11.1 Å². The number of esters is 1. The summed E-state index contributed by atoms with van der Waals surface area (Å²) in [5.74, 6) is -0.810. The van der Waals surface area contributed by atoms with Gasteiger partial charge in [0.1, 0.15) is 15.9 Å². The summed E-state index contributed by atoms with van der Waals surface area (Å²) in [4.78, 5) is 32.1. The molecular formula is C20H17FN2O3S2. The Morgan fingerprint density at radius 1 is 1.21 bits per heavy atom. The molecule has 0 radical (unpaired) electrons. The molecular weight excluding hydrogens is 399 g/mol. The number of carbonyl (C=O) groups is 1. The Balaban J connectivity index is 1.77. The Bertz CT molecular complexity index is 1150. The van der Waals surface area contributed by atoms with Gasteiger partial charge in [-0.3, -0.25) is 14.2 Å². The summed E-state index contributed by atoms with van der Waals surface area (Å²) in [7, 11) is 0. The molecule has 0 N–H and O–H groups in total. The topological polar surface area (TPSA) is 61.2 Å². The molecule has 8 heteroatoms. The van der Waals surface area contributed by atoms with Gasteiger partial charge in [-0.2, -0.15) is 0 Å². The maximum absolute atomic E-state index is 14.6. The summed E-state index contributed by atoms with van der Waals surface area (Å²) in [6.45, 7) is 0.357. The largest absolute Gasteiger partial charge is 0.465 e. The van der Waals surface area contributed by atoms with Gasteiger partial charge >= 0.3 is 5.97 Å². The quantitative estimate of drug-likeness (QED) is 0.479. The van der Waals surface area contributed by atoms with Crippen LogP contribution in [0.3, 0.4) is 0 Å². The van der Waals surface area contributed by atoms with E-state index in [-0.39, 0.29) is 17.2 Å². The first-order chi connectivity index (χ1) is 13.6. The van der Waals surface area contributed by atoms with Gasteiger partial charge in [0.15, 0.2) is 5.16 Å². The zero-order chi connectivity index (χ0) is 19.3. The van der Waals surface area contributed by atoms with Gasteiger partial charge in [0.25, 0.3) is 5.56 Å². The third kappa shape index (κ3) is 2.86. The van der Waals surface area contributed by atoms with Crippen molar-refractivity contribution in [3.63, 3.8) is 0 Å². The summed E-state index contributed by atoms with van der Waals surface area (Å²) in [5.41, 5.74) is 0.959. The van der Waals surface area contributed by atoms with Crippen molar-refractivity contribution < 1.29 is 13.9 Å². The van der Waals surface area contributed by atoms with Crippen LogP contribution in [0.25, 0.3) is 15.9 Å². The second kappa shape index (κ2) is 7.00. The Kier molecular flexibility index (Phi) is 4.47. The highest BCUT2D eigenvalue weighted by atomic mass is 32.2. The highest BCUT2D eigenvalue weighted by Crippen LogP contribution is 2.37. The third-order valence-corrected chi connectivity index (χ3v) is 7.57. The number of carbonyl (C=O) groups excluding carboxylic acids is 1. The first-order valence-corrected chi connectivity index (χ1v) is 11.0. The number of fused-ring (bicyclic) bond motifs is 3. The summed E-state index contributed by atoms with van der Waals surface area (Å²) < 4.78 is 21.0. The van der Waals surface area contributed by atoms with Crippen LogP contribution in [-0.2, 0) is 22.4 Å². The van der Waals surface area contributed by atoms with E-state index in [9.17, 15) is 14.0 Å². The fourth-order valence-corrected chi connectivity index (χ4v) is 6.20. The summed E-state index contributed by atoms with van der Waals surface area (Å²) >= 11 is 2.73. The molecule has 1 saturated heterocycles. The molecule has 5 nitrogen and oxygen atoms in total. The van der Waals surface area contributed by atoms with E-state index in [2.05, 4.69) is 0 Å². The number of hydrogen-bond acceptors (Lipinski definition) is 6. The second-order valence-electron chi connectivity index (χ2n) is 6.94. The normalized spacial score (nSPS) is 19.0. The molecule has 1 fully saturated rings. The van der Waals surface area contributed by atoms with Gasteiger partial charge in [-0.25, -0.2) is 9.37 Å². The minimum atomic E-state index is -0.495. The Morgan fingerprint density at radius 3 is 2.82 bits per heavy atom. The van der Waals surface area contributed by atoms with Gasteiger partial charge in [-0.1, -0.05) is 23.9 Å². The number of thioether (sulfide) groups is 1. The number of hydrogen-bond donors (Lipinski definition) is 0. The van der Waals surface area contributed by atoms with Gasteiger partial charge < -0.3 is 4.74 Å². The van der Waals surface area contributed by atoms with Crippen LogP contribution in [0.15, 0.2) is 34.2 Å². The number of aryl methyl sites for hydroxylation is 2. The Morgan fingerprint density at radius 2 is 2.04 bits per heavy atom. The molecule has 2 aromatic heterocycles. The van der Waals surface area contributed by atoms with E-state index in [4.69, 9.17) is 9.72 Å². The van der Waals surface area contributed by atoms with Crippen molar-refractivity contribution in [3.05, 3.63) is 50.9 Å². The van der Waals surface area contributed by atoms with E-state index in [1.807, 2.05) is 0 Å². The number of para-hydroxylation sites is 1. The van der Waals surface area contributed by atoms with E-state index in [1.54, 1.807) is 29.5 Å². The lowest BCUT2D eigenvalue weighted by atomic mass is 9.97. The number of aromatic nitrogens is 2. The van der Waals surface area contributed by atoms with Gasteiger partial charge in [-0.05, 0) is 43.4 Å². The molecule has 3 aromatic rings. The standard InChI is InChI=1S/C20H17FN2O3S2/c21-12-6-2-3-7-13(12)23-18(24)16-11-5-1-4-8-14(11)27-17(16)22-20(23)28-15-9-10-26-19(15)25/h2-3,6-7,15H,1,4-5,8-10H2/t15-/m1/s1. The summed E-state index contributed by atoms with van der Waals surface area (Å²) in [6.07, 6.45) is 4.51. The molecule has 144 valence electrons. The lowest BCUT2D eigenvalue weighted by Crippen LogP contribution is -2.24. The van der Waals surface area contributed by atoms with E-state index in [0.29, 0.717) is 28.4 Å². The SMILES string of the molecule is O=C1OCC[C@H]1Sc1nc2sc3c(c2c(=O)n1-c1ccccc1F)CCCC3. The minimum absolute atomic E-state index is 0.159. The maximum Gasteiger partial charge on any atom is 0.319 e. The first kappa shape index (κ1) is 17.9. The van der Waals surface area contributed by atoms with Crippen LogP contribution in [0.2, 0.25) is 0 Å². The molecule has 3 heterocycles. The molecule has 0 saturated carbocycles. The maximum atomic E-state index is 14.6. The highest BCUT2D eigenvalue weighted by Gasteiger charge is 2.31. The molecule has 0 amide bonds. The number of thiophene rings is 1. The fourth-order valence-electron chi connectivity index (χ4n) is 3.82. The van der Waals surface area contributed by atoms with E-state index in [0.717, 1.165) is 31.2 Å². The molecule has 1 aromatic carbocycles. The predicted molar refractivity (Wildman–Crippen MR) is 107 cm³/mol. The predicted octanol–water partition coefficient (Wildman–Crippen LogP) is 3.87. The average Bonchev–Trinajstić information content (AvgIpc) is 3.26. The van der Waals surface area contributed by atoms with Crippen molar-refractivity contribution in [3.8, 4) is 5.69 Å². The highest BCUT2D eigenvalue weighted by molar-refractivity contribution is 8.00. The van der Waals surface area contributed by atoms with Gasteiger partial charge in [0.2, 0.25) is 0 Å². The van der Waals surface area contributed by atoms with Crippen LogP contribution in [0.1, 0.15) is 29.7 Å². The molecule has 1 aliphatic heterocycles. The van der Waals surface area contributed by atoms with Gasteiger partial charge in [0.05, 0.1) is 17.7 Å². The van der Waals surface area contributed by atoms with E-state index in [1.165, 1.54) is 27.3 Å². The van der Waals surface area contributed by atoms with Crippen LogP contribution in [0, 0.1) is 5.82 Å². The molecule has 28 heavy (non-hydrogen) atoms. The van der Waals surface area contributed by atoms with Crippen molar-refractivity contribution >= 4 is 39.3 Å². The molecule has 2 aliphatic rings. The smallest absolute Gasteiger partial charge is 0.319 e. The van der Waals surface area contributed by atoms with Gasteiger partial charge in [0, 0.05) is 11.3 Å². The number of cyclic esters (lactones) is 1. The molecule has 1 aliphatic carbocycles. The van der Waals surface area contributed by atoms with Crippen molar-refractivity contribution in [2.45, 2.75) is 42.5 Å². The Hall–Kier alpha value is -2.19. The van der Waals surface area contributed by atoms with Crippen molar-refractivity contribution in [2.24, 2.45) is 0 Å². The lowest BCUT2D eigenvalue weighted by Gasteiger charge is -2.15. The van der Waals surface area contributed by atoms with Crippen molar-refractivity contribution in [1.82, 2.24) is 9.55 Å².